The van der Waals surface area contributed by atoms with Crippen molar-refractivity contribution in [2.75, 3.05) is 11.9 Å². The van der Waals surface area contributed by atoms with Gasteiger partial charge in [-0.25, -0.2) is 13.4 Å². The van der Waals surface area contributed by atoms with Crippen LogP contribution in [0, 0.1) is 0 Å². The Hall–Kier alpha value is -3.34. The van der Waals surface area contributed by atoms with Gasteiger partial charge in [0.25, 0.3) is 0 Å². The topological polar surface area (TPSA) is 90.5 Å². The number of benzene rings is 1. The zero-order valence-corrected chi connectivity index (χ0v) is 20.0. The summed E-state index contributed by atoms with van der Waals surface area (Å²) in [7, 11) is -3.68. The molecule has 172 valence electrons. The zero-order chi connectivity index (χ0) is 23.3. The third-order valence-corrected chi connectivity index (χ3v) is 8.97. The summed E-state index contributed by atoms with van der Waals surface area (Å²) in [6, 6.07) is 11.9. The summed E-state index contributed by atoms with van der Waals surface area (Å²) in [5, 5.41) is 4.44. The summed E-state index contributed by atoms with van der Waals surface area (Å²) in [5.41, 5.74) is 5.17. The number of pyridine rings is 2. The lowest BCUT2D eigenvalue weighted by Gasteiger charge is -2.32. The van der Waals surface area contributed by atoms with Crippen LogP contribution in [0.15, 0.2) is 83.4 Å². The average Bonchev–Trinajstić information content (AvgIpc) is 3.32. The summed E-state index contributed by atoms with van der Waals surface area (Å²) in [5.74, 6) is 0.743. The summed E-state index contributed by atoms with van der Waals surface area (Å²) in [6.45, 7) is 2.53. The number of nitrogens with one attached hydrogen (secondary N) is 2. The zero-order valence-electron chi connectivity index (χ0n) is 18.4. The van der Waals surface area contributed by atoms with Crippen molar-refractivity contribution in [1.29, 1.82) is 0 Å². The van der Waals surface area contributed by atoms with Crippen LogP contribution in [-0.2, 0) is 23.0 Å². The molecule has 6 rings (SSSR count). The van der Waals surface area contributed by atoms with E-state index in [2.05, 4.69) is 20.0 Å². The number of fused-ring (bicyclic) bond motifs is 3. The molecule has 34 heavy (non-hydrogen) atoms. The number of hydrogen-bond acceptors (Lipinski definition) is 8. The average molecular weight is 491 g/mol. The molecule has 2 N–H and O–H groups in total. The van der Waals surface area contributed by atoms with Crippen molar-refractivity contribution in [1.82, 2.24) is 23.3 Å². The van der Waals surface area contributed by atoms with E-state index < -0.39 is 10.0 Å². The number of anilines is 2. The first-order chi connectivity index (χ1) is 16.5. The second-order valence-corrected chi connectivity index (χ2v) is 11.0. The molecule has 0 unspecified atom stereocenters. The van der Waals surface area contributed by atoms with E-state index >= 15 is 0 Å². The molecule has 0 atom stereocenters. The molecule has 0 fully saturated rings. The fourth-order valence-electron chi connectivity index (χ4n) is 4.50. The van der Waals surface area contributed by atoms with Gasteiger partial charge in [0, 0.05) is 42.6 Å². The first-order valence-corrected chi connectivity index (χ1v) is 13.1. The maximum atomic E-state index is 13.7. The van der Waals surface area contributed by atoms with Gasteiger partial charge in [0.1, 0.15) is 10.7 Å². The van der Waals surface area contributed by atoms with Crippen LogP contribution in [0.25, 0.3) is 10.9 Å². The van der Waals surface area contributed by atoms with Crippen molar-refractivity contribution >= 4 is 44.6 Å². The first kappa shape index (κ1) is 21.2. The van der Waals surface area contributed by atoms with Gasteiger partial charge in [-0.2, -0.15) is 4.31 Å². The minimum atomic E-state index is -3.68. The van der Waals surface area contributed by atoms with Crippen molar-refractivity contribution < 1.29 is 8.42 Å². The third kappa shape index (κ3) is 3.54. The minimum Gasteiger partial charge on any atom is -0.339 e. The van der Waals surface area contributed by atoms with Crippen molar-refractivity contribution in [3.05, 3.63) is 94.6 Å². The SMILES string of the molecule is CC1=C(S(=O)(=O)N2CCc3c(ccnc3Nc3cnc4ccccc4c3)C2)C2=CNSN2C=C1. The van der Waals surface area contributed by atoms with E-state index in [-0.39, 0.29) is 0 Å². The lowest BCUT2D eigenvalue weighted by Crippen LogP contribution is -2.38. The van der Waals surface area contributed by atoms with Gasteiger partial charge in [-0.1, -0.05) is 18.2 Å². The smallest absolute Gasteiger partial charge is 0.245 e. The standard InChI is InChI=1S/C24H22N6O2S2/c1-16-7-11-30-22(14-27-33-30)23(16)34(31,32)29-10-8-20-18(15-29)6-9-25-24(20)28-19-12-17-4-2-3-5-21(17)26-13-19/h2-7,9,11-14,27H,8,10,15H2,1H3,(H,25,28). The van der Waals surface area contributed by atoms with Crippen molar-refractivity contribution in [2.24, 2.45) is 0 Å². The molecule has 2 aromatic heterocycles. The highest BCUT2D eigenvalue weighted by molar-refractivity contribution is 7.96. The molecule has 1 aromatic carbocycles. The second kappa shape index (κ2) is 8.15. The number of para-hydroxylation sites is 1. The van der Waals surface area contributed by atoms with Crippen LogP contribution in [0.1, 0.15) is 18.1 Å². The van der Waals surface area contributed by atoms with E-state index in [9.17, 15) is 8.42 Å². The summed E-state index contributed by atoms with van der Waals surface area (Å²) < 4.78 is 33.8. The number of hydrogen-bond donors (Lipinski definition) is 2. The Labute approximate surface area is 202 Å². The molecular formula is C24H22N6O2S2. The molecule has 0 saturated heterocycles. The van der Waals surface area contributed by atoms with Gasteiger partial charge in [0.2, 0.25) is 10.0 Å². The van der Waals surface area contributed by atoms with Crippen LogP contribution < -0.4 is 10.0 Å². The predicted octanol–water partition coefficient (Wildman–Crippen LogP) is 4.17. The van der Waals surface area contributed by atoms with Crippen LogP contribution in [0.4, 0.5) is 11.5 Å². The second-order valence-electron chi connectivity index (χ2n) is 8.32. The summed E-state index contributed by atoms with van der Waals surface area (Å²) in [4.78, 5) is 9.41. The third-order valence-electron chi connectivity index (χ3n) is 6.20. The molecule has 3 aliphatic heterocycles. The fraction of sp³-hybridized carbons (Fsp3) is 0.167. The molecule has 10 heteroatoms. The fourth-order valence-corrected chi connectivity index (χ4v) is 7.00. The molecular weight excluding hydrogens is 468 g/mol. The number of aromatic nitrogens is 2. The lowest BCUT2D eigenvalue weighted by molar-refractivity contribution is 0.395. The molecule has 8 nitrogen and oxygen atoms in total. The molecule has 0 saturated carbocycles. The molecule has 0 amide bonds. The highest BCUT2D eigenvalue weighted by Gasteiger charge is 2.37. The van der Waals surface area contributed by atoms with Crippen molar-refractivity contribution in [2.45, 2.75) is 19.9 Å². The van der Waals surface area contributed by atoms with Gasteiger partial charge in [-0.3, -0.25) is 9.29 Å². The van der Waals surface area contributed by atoms with Crippen LogP contribution in [-0.4, -0.2) is 33.5 Å². The maximum absolute atomic E-state index is 13.7. The lowest BCUT2D eigenvalue weighted by atomic mass is 10.0. The number of sulfonamides is 1. The molecule has 0 aliphatic carbocycles. The summed E-state index contributed by atoms with van der Waals surface area (Å²) in [6.07, 6.45) is 9.55. The van der Waals surface area contributed by atoms with E-state index in [0.29, 0.717) is 30.1 Å². The van der Waals surface area contributed by atoms with Gasteiger partial charge in [-0.15, -0.1) is 0 Å². The Morgan fingerprint density at radius 2 is 2.06 bits per heavy atom. The Balaban J connectivity index is 1.29. The molecule has 0 radical (unpaired) electrons. The molecule has 5 heterocycles. The Bertz CT molecular complexity index is 1510. The highest BCUT2D eigenvalue weighted by atomic mass is 32.2. The summed E-state index contributed by atoms with van der Waals surface area (Å²) >= 11 is 1.35. The van der Waals surface area contributed by atoms with Crippen molar-refractivity contribution in [3.63, 3.8) is 0 Å². The normalized spacial score (nSPS) is 17.9. The predicted molar refractivity (Wildman–Crippen MR) is 135 cm³/mol. The van der Waals surface area contributed by atoms with Crippen LogP contribution in [0.2, 0.25) is 0 Å². The van der Waals surface area contributed by atoms with Gasteiger partial charge in [0.05, 0.1) is 35.2 Å². The molecule has 0 spiro atoms. The van der Waals surface area contributed by atoms with Gasteiger partial charge in [0.15, 0.2) is 0 Å². The van der Waals surface area contributed by atoms with Crippen LogP contribution >= 0.6 is 12.1 Å². The number of rotatable bonds is 4. The molecule has 0 bridgehead atoms. The van der Waals surface area contributed by atoms with Crippen LogP contribution in [0.5, 0.6) is 0 Å². The Morgan fingerprint density at radius 1 is 1.18 bits per heavy atom. The van der Waals surface area contributed by atoms with E-state index in [1.807, 2.05) is 59.9 Å². The highest BCUT2D eigenvalue weighted by Crippen LogP contribution is 2.39. The largest absolute Gasteiger partial charge is 0.339 e. The quantitative estimate of drug-likeness (QED) is 0.527. The first-order valence-electron chi connectivity index (χ1n) is 10.9. The van der Waals surface area contributed by atoms with Gasteiger partial charge < -0.3 is 10.0 Å². The monoisotopic (exact) mass is 490 g/mol. The van der Waals surface area contributed by atoms with E-state index in [1.165, 1.54) is 12.1 Å². The Kier molecular flexibility index (Phi) is 5.09. The number of allylic oxidation sites excluding steroid dienone is 2. The molecule has 3 aromatic rings. The number of nitrogens with zero attached hydrogens (tertiary/aromatic N) is 4. The maximum Gasteiger partial charge on any atom is 0.245 e. The van der Waals surface area contributed by atoms with E-state index in [4.69, 9.17) is 0 Å². The van der Waals surface area contributed by atoms with Crippen molar-refractivity contribution in [3.8, 4) is 0 Å². The van der Waals surface area contributed by atoms with Gasteiger partial charge >= 0.3 is 0 Å². The minimum absolute atomic E-state index is 0.305. The Morgan fingerprint density at radius 3 is 2.97 bits per heavy atom. The van der Waals surface area contributed by atoms with Crippen LogP contribution in [0.3, 0.4) is 0 Å². The van der Waals surface area contributed by atoms with E-state index in [1.54, 1.807) is 22.9 Å². The van der Waals surface area contributed by atoms with E-state index in [0.717, 1.165) is 39.1 Å². The molecule has 3 aliphatic rings. The van der Waals surface area contributed by atoms with Gasteiger partial charge in [-0.05, 0) is 48.8 Å².